The summed E-state index contributed by atoms with van der Waals surface area (Å²) in [5.41, 5.74) is 2.59. The first-order valence-electron chi connectivity index (χ1n) is 10.9. The molecule has 1 heterocycles. The fraction of sp³-hybridized carbons (Fsp3) is 0.240. The molecule has 33 heavy (non-hydrogen) atoms. The summed E-state index contributed by atoms with van der Waals surface area (Å²) in [7, 11) is -3.92. The Balaban J connectivity index is 1.54. The molecule has 0 saturated carbocycles. The van der Waals surface area contributed by atoms with Crippen LogP contribution in [0.1, 0.15) is 22.8 Å². The molecule has 172 valence electrons. The Hall–Kier alpha value is -3.52. The molecular formula is C25H27N3O4S. The standard InChI is InChI=1S/C25H27N3O4S/c1-2-19-8-6-7-11-24(19)33(31,32)26-23-13-12-21(18-22(23)25(29)30)28-16-14-27(15-17-28)20-9-4-3-5-10-20/h3-13,18,26H,2,14-17H2,1H3,(H,29,30). The van der Waals surface area contributed by atoms with Crippen molar-refractivity contribution in [1.29, 1.82) is 0 Å². The van der Waals surface area contributed by atoms with Crippen LogP contribution in [0.5, 0.6) is 0 Å². The average molecular weight is 466 g/mol. The lowest BCUT2D eigenvalue weighted by molar-refractivity contribution is 0.0698. The number of para-hydroxylation sites is 1. The molecule has 4 rings (SSSR count). The van der Waals surface area contributed by atoms with Gasteiger partial charge in [-0.3, -0.25) is 4.72 Å². The van der Waals surface area contributed by atoms with Crippen LogP contribution >= 0.6 is 0 Å². The largest absolute Gasteiger partial charge is 0.478 e. The number of piperazine rings is 1. The normalized spacial score (nSPS) is 14.2. The van der Waals surface area contributed by atoms with Crippen LogP contribution in [0.15, 0.2) is 77.7 Å². The number of aryl methyl sites for hydroxylation is 1. The quantitative estimate of drug-likeness (QED) is 0.547. The fourth-order valence-electron chi connectivity index (χ4n) is 4.11. The molecule has 0 amide bonds. The van der Waals surface area contributed by atoms with E-state index < -0.39 is 16.0 Å². The lowest BCUT2D eigenvalue weighted by Crippen LogP contribution is -2.46. The van der Waals surface area contributed by atoms with Gasteiger partial charge in [0.1, 0.15) is 0 Å². The number of aromatic carboxylic acids is 1. The summed E-state index contributed by atoms with van der Waals surface area (Å²) < 4.78 is 28.5. The highest BCUT2D eigenvalue weighted by Gasteiger charge is 2.23. The van der Waals surface area contributed by atoms with Crippen LogP contribution in [0.3, 0.4) is 0 Å². The van der Waals surface area contributed by atoms with Crippen molar-refractivity contribution >= 4 is 33.1 Å². The van der Waals surface area contributed by atoms with Crippen LogP contribution in [-0.2, 0) is 16.4 Å². The maximum atomic E-state index is 13.0. The van der Waals surface area contributed by atoms with E-state index >= 15 is 0 Å². The van der Waals surface area contributed by atoms with Crippen molar-refractivity contribution in [3.8, 4) is 0 Å². The second-order valence-corrected chi connectivity index (χ2v) is 9.56. The number of anilines is 3. The van der Waals surface area contributed by atoms with Gasteiger partial charge in [0, 0.05) is 37.6 Å². The smallest absolute Gasteiger partial charge is 0.337 e. The Morgan fingerprint density at radius 1 is 0.879 bits per heavy atom. The Bertz CT molecular complexity index is 1240. The lowest BCUT2D eigenvalue weighted by atomic mass is 10.1. The molecule has 3 aromatic carbocycles. The van der Waals surface area contributed by atoms with Crippen molar-refractivity contribution in [2.75, 3.05) is 40.7 Å². The van der Waals surface area contributed by atoms with E-state index in [0.29, 0.717) is 12.0 Å². The number of hydrogen-bond acceptors (Lipinski definition) is 5. The van der Waals surface area contributed by atoms with Gasteiger partial charge in [0.25, 0.3) is 10.0 Å². The highest BCUT2D eigenvalue weighted by atomic mass is 32.2. The number of carboxylic acid groups (broad SMARTS) is 1. The maximum Gasteiger partial charge on any atom is 0.337 e. The highest BCUT2D eigenvalue weighted by Crippen LogP contribution is 2.28. The van der Waals surface area contributed by atoms with Crippen molar-refractivity contribution in [1.82, 2.24) is 0 Å². The lowest BCUT2D eigenvalue weighted by Gasteiger charge is -2.37. The van der Waals surface area contributed by atoms with E-state index in [9.17, 15) is 18.3 Å². The number of benzene rings is 3. The highest BCUT2D eigenvalue weighted by molar-refractivity contribution is 7.92. The zero-order chi connectivity index (χ0) is 23.4. The molecular weight excluding hydrogens is 438 g/mol. The number of sulfonamides is 1. The van der Waals surface area contributed by atoms with Gasteiger partial charge in [-0.25, -0.2) is 13.2 Å². The number of nitrogens with zero attached hydrogens (tertiary/aromatic N) is 2. The molecule has 1 fully saturated rings. The molecule has 8 heteroatoms. The molecule has 0 spiro atoms. The van der Waals surface area contributed by atoms with Crippen molar-refractivity contribution in [3.05, 3.63) is 83.9 Å². The van der Waals surface area contributed by atoms with Gasteiger partial charge in [-0.05, 0) is 48.4 Å². The number of rotatable bonds is 7. The summed E-state index contributed by atoms with van der Waals surface area (Å²) in [6.07, 6.45) is 0.552. The zero-order valence-electron chi connectivity index (χ0n) is 18.4. The third-order valence-electron chi connectivity index (χ3n) is 5.89. The maximum absolute atomic E-state index is 13.0. The zero-order valence-corrected chi connectivity index (χ0v) is 19.3. The molecule has 2 N–H and O–H groups in total. The summed E-state index contributed by atoms with van der Waals surface area (Å²) in [4.78, 5) is 16.6. The SMILES string of the molecule is CCc1ccccc1S(=O)(=O)Nc1ccc(N2CCN(c3ccccc3)CC2)cc1C(=O)O. The Labute approximate surface area is 194 Å². The van der Waals surface area contributed by atoms with Crippen molar-refractivity contribution in [2.45, 2.75) is 18.2 Å². The van der Waals surface area contributed by atoms with Crippen molar-refractivity contribution < 1.29 is 18.3 Å². The first-order chi connectivity index (χ1) is 15.9. The summed E-state index contributed by atoms with van der Waals surface area (Å²) in [6.45, 7) is 4.98. The molecule has 3 aromatic rings. The van der Waals surface area contributed by atoms with Crippen molar-refractivity contribution in [3.63, 3.8) is 0 Å². The molecule has 0 unspecified atom stereocenters. The molecule has 0 aliphatic carbocycles. The summed E-state index contributed by atoms with van der Waals surface area (Å²) in [5.74, 6) is -1.18. The molecule has 0 atom stereocenters. The van der Waals surface area contributed by atoms with Gasteiger partial charge in [-0.1, -0.05) is 43.3 Å². The molecule has 0 aromatic heterocycles. The van der Waals surface area contributed by atoms with Crippen LogP contribution in [0.2, 0.25) is 0 Å². The molecule has 1 aliphatic rings. The Kier molecular flexibility index (Phi) is 6.55. The van der Waals surface area contributed by atoms with Crippen LogP contribution in [0.25, 0.3) is 0 Å². The van der Waals surface area contributed by atoms with E-state index in [1.165, 1.54) is 17.8 Å². The van der Waals surface area contributed by atoms with Gasteiger partial charge in [-0.15, -0.1) is 0 Å². The van der Waals surface area contributed by atoms with E-state index in [4.69, 9.17) is 0 Å². The minimum absolute atomic E-state index is 0.0556. The van der Waals surface area contributed by atoms with Gasteiger partial charge < -0.3 is 14.9 Å². The van der Waals surface area contributed by atoms with Crippen LogP contribution in [0.4, 0.5) is 17.1 Å². The first kappa shape index (κ1) is 22.7. The number of hydrogen-bond donors (Lipinski definition) is 2. The Morgan fingerprint density at radius 3 is 2.12 bits per heavy atom. The second-order valence-electron chi connectivity index (χ2n) is 7.91. The molecule has 0 radical (unpaired) electrons. The monoisotopic (exact) mass is 465 g/mol. The minimum atomic E-state index is -3.92. The topological polar surface area (TPSA) is 90.0 Å². The molecule has 0 bridgehead atoms. The van der Waals surface area contributed by atoms with E-state index in [-0.39, 0.29) is 16.1 Å². The Morgan fingerprint density at radius 2 is 1.48 bits per heavy atom. The molecule has 1 saturated heterocycles. The van der Waals surface area contributed by atoms with E-state index in [0.717, 1.165) is 31.9 Å². The van der Waals surface area contributed by atoms with Gasteiger partial charge >= 0.3 is 5.97 Å². The third-order valence-corrected chi connectivity index (χ3v) is 7.35. The van der Waals surface area contributed by atoms with Crippen LogP contribution < -0.4 is 14.5 Å². The number of nitrogens with one attached hydrogen (secondary N) is 1. The van der Waals surface area contributed by atoms with Gasteiger partial charge in [0.05, 0.1) is 16.1 Å². The second kappa shape index (κ2) is 9.54. The van der Waals surface area contributed by atoms with Crippen molar-refractivity contribution in [2.24, 2.45) is 0 Å². The predicted molar refractivity (Wildman–Crippen MR) is 131 cm³/mol. The van der Waals surface area contributed by atoms with Gasteiger partial charge in [-0.2, -0.15) is 0 Å². The minimum Gasteiger partial charge on any atom is -0.478 e. The first-order valence-corrected chi connectivity index (χ1v) is 12.4. The van der Waals surface area contributed by atoms with Crippen LogP contribution in [0, 0.1) is 0 Å². The number of carboxylic acids is 1. The van der Waals surface area contributed by atoms with E-state index in [1.54, 1.807) is 30.3 Å². The van der Waals surface area contributed by atoms with E-state index in [2.05, 4.69) is 26.7 Å². The molecule has 1 aliphatic heterocycles. The molecule has 7 nitrogen and oxygen atoms in total. The van der Waals surface area contributed by atoms with Gasteiger partial charge in [0.15, 0.2) is 0 Å². The summed E-state index contributed by atoms with van der Waals surface area (Å²) in [5, 5.41) is 9.79. The number of carbonyl (C=O) groups is 1. The summed E-state index contributed by atoms with van der Waals surface area (Å²) in [6, 6.07) is 21.8. The van der Waals surface area contributed by atoms with Crippen LogP contribution in [-0.4, -0.2) is 45.7 Å². The average Bonchev–Trinajstić information content (AvgIpc) is 2.84. The van der Waals surface area contributed by atoms with Gasteiger partial charge in [0.2, 0.25) is 0 Å². The van der Waals surface area contributed by atoms with E-state index in [1.807, 2.05) is 25.1 Å². The summed E-state index contributed by atoms with van der Waals surface area (Å²) >= 11 is 0. The third kappa shape index (κ3) is 4.96. The predicted octanol–water partition coefficient (Wildman–Crippen LogP) is 4.07. The fourth-order valence-corrected chi connectivity index (χ4v) is 5.51.